The Bertz CT molecular complexity index is 425. The molecule has 0 aromatic heterocycles. The average Bonchev–Trinajstić information content (AvgIpc) is 2.25. The van der Waals surface area contributed by atoms with E-state index in [4.69, 9.17) is 14.9 Å². The van der Waals surface area contributed by atoms with Gasteiger partial charge in [-0.15, -0.1) is 0 Å². The van der Waals surface area contributed by atoms with Crippen molar-refractivity contribution in [1.29, 1.82) is 0 Å². The maximum atomic E-state index is 11.8. The summed E-state index contributed by atoms with van der Waals surface area (Å²) in [5.74, 6) is -6.59. The van der Waals surface area contributed by atoms with Gasteiger partial charge in [0.2, 0.25) is 0 Å². The zero-order valence-corrected chi connectivity index (χ0v) is 12.5. The highest BCUT2D eigenvalue weighted by atomic mass is 16.6. The second kappa shape index (κ2) is 7.61. The molecule has 0 saturated heterocycles. The summed E-state index contributed by atoms with van der Waals surface area (Å²) in [6, 6.07) is 0. The number of alkyl carbamates (subject to hydrolysis) is 1. The molecule has 0 aromatic carbocycles. The Morgan fingerprint density at radius 2 is 1.62 bits per heavy atom. The quantitative estimate of drug-likeness (QED) is 0.595. The molecule has 0 bridgehead atoms. The van der Waals surface area contributed by atoms with Crippen molar-refractivity contribution < 1.29 is 34.1 Å². The van der Waals surface area contributed by atoms with Gasteiger partial charge in [0.15, 0.2) is 0 Å². The van der Waals surface area contributed by atoms with E-state index in [2.05, 4.69) is 5.32 Å². The fourth-order valence-electron chi connectivity index (χ4n) is 1.53. The van der Waals surface area contributed by atoms with Crippen LogP contribution in [0.15, 0.2) is 0 Å². The minimum absolute atomic E-state index is 0.121. The summed E-state index contributed by atoms with van der Waals surface area (Å²) in [6.45, 7) is 6.05. The Hall–Kier alpha value is -2.12. The SMILES string of the molecule is CC(C(=O)O)C(C(=O)O)C(=O)CCNC(=O)OC(C)(C)C. The van der Waals surface area contributed by atoms with Gasteiger partial charge in [-0.2, -0.15) is 0 Å². The molecule has 8 heteroatoms. The zero-order chi connectivity index (χ0) is 16.8. The Labute approximate surface area is 122 Å². The number of carboxylic acids is 2. The van der Waals surface area contributed by atoms with Crippen molar-refractivity contribution in [2.45, 2.75) is 39.7 Å². The molecule has 21 heavy (non-hydrogen) atoms. The van der Waals surface area contributed by atoms with E-state index < -0.39 is 41.3 Å². The first-order chi connectivity index (χ1) is 9.45. The molecule has 2 atom stereocenters. The van der Waals surface area contributed by atoms with E-state index in [0.29, 0.717) is 0 Å². The molecule has 0 aliphatic rings. The van der Waals surface area contributed by atoms with E-state index in [9.17, 15) is 19.2 Å². The highest BCUT2D eigenvalue weighted by Gasteiger charge is 2.35. The van der Waals surface area contributed by atoms with Crippen LogP contribution in [0.2, 0.25) is 0 Å². The summed E-state index contributed by atoms with van der Waals surface area (Å²) >= 11 is 0. The minimum Gasteiger partial charge on any atom is -0.481 e. The van der Waals surface area contributed by atoms with Crippen LogP contribution in [-0.4, -0.2) is 46.2 Å². The summed E-state index contributed by atoms with van der Waals surface area (Å²) in [5, 5.41) is 20.0. The van der Waals surface area contributed by atoms with E-state index in [1.807, 2.05) is 0 Å². The first-order valence-corrected chi connectivity index (χ1v) is 6.41. The number of ether oxygens (including phenoxy) is 1. The van der Waals surface area contributed by atoms with Gasteiger partial charge in [0, 0.05) is 13.0 Å². The molecule has 0 rings (SSSR count). The van der Waals surface area contributed by atoms with Gasteiger partial charge >= 0.3 is 18.0 Å². The van der Waals surface area contributed by atoms with Gasteiger partial charge in [0.1, 0.15) is 17.3 Å². The van der Waals surface area contributed by atoms with Crippen LogP contribution < -0.4 is 5.32 Å². The average molecular weight is 303 g/mol. The highest BCUT2D eigenvalue weighted by molar-refractivity contribution is 6.01. The Morgan fingerprint density at radius 3 is 2.00 bits per heavy atom. The molecule has 0 aliphatic heterocycles. The number of carbonyl (C=O) groups is 4. The van der Waals surface area contributed by atoms with Crippen molar-refractivity contribution in [3.63, 3.8) is 0 Å². The van der Waals surface area contributed by atoms with Gasteiger partial charge < -0.3 is 20.3 Å². The highest BCUT2D eigenvalue weighted by Crippen LogP contribution is 2.15. The molecule has 120 valence electrons. The van der Waals surface area contributed by atoms with Crippen LogP contribution in [0.3, 0.4) is 0 Å². The van der Waals surface area contributed by atoms with Crippen LogP contribution in [0.5, 0.6) is 0 Å². The lowest BCUT2D eigenvalue weighted by Gasteiger charge is -2.20. The number of aliphatic carboxylic acids is 2. The molecule has 0 aromatic rings. The summed E-state index contributed by atoms with van der Waals surface area (Å²) in [6.07, 6.45) is -1.01. The molecule has 0 heterocycles. The maximum Gasteiger partial charge on any atom is 0.407 e. The molecule has 0 spiro atoms. The Morgan fingerprint density at radius 1 is 1.10 bits per heavy atom. The molecule has 0 aliphatic carbocycles. The normalized spacial score (nSPS) is 13.9. The smallest absolute Gasteiger partial charge is 0.407 e. The van der Waals surface area contributed by atoms with Gasteiger partial charge in [0.25, 0.3) is 0 Å². The molecule has 8 nitrogen and oxygen atoms in total. The van der Waals surface area contributed by atoms with Crippen molar-refractivity contribution >= 4 is 23.8 Å². The van der Waals surface area contributed by atoms with Crippen molar-refractivity contribution in [3.8, 4) is 0 Å². The summed E-state index contributed by atoms with van der Waals surface area (Å²) in [7, 11) is 0. The van der Waals surface area contributed by atoms with E-state index in [-0.39, 0.29) is 13.0 Å². The van der Waals surface area contributed by atoms with E-state index in [0.717, 1.165) is 6.92 Å². The predicted molar refractivity (Wildman–Crippen MR) is 71.8 cm³/mol. The number of Topliss-reactive ketones (excluding diaryl/α,β-unsaturated/α-hetero) is 1. The third-order valence-electron chi connectivity index (χ3n) is 2.54. The summed E-state index contributed by atoms with van der Waals surface area (Å²) in [4.78, 5) is 44.9. The van der Waals surface area contributed by atoms with Crippen LogP contribution in [0.1, 0.15) is 34.1 Å². The first kappa shape index (κ1) is 18.9. The van der Waals surface area contributed by atoms with Crippen LogP contribution >= 0.6 is 0 Å². The number of amides is 1. The van der Waals surface area contributed by atoms with E-state index in [1.54, 1.807) is 20.8 Å². The van der Waals surface area contributed by atoms with Gasteiger partial charge in [0.05, 0.1) is 5.92 Å². The van der Waals surface area contributed by atoms with Crippen LogP contribution in [0.25, 0.3) is 0 Å². The zero-order valence-electron chi connectivity index (χ0n) is 12.5. The summed E-state index contributed by atoms with van der Waals surface area (Å²) < 4.78 is 4.94. The Kier molecular flexibility index (Phi) is 6.84. The second-order valence-electron chi connectivity index (χ2n) is 5.59. The molecule has 0 fully saturated rings. The topological polar surface area (TPSA) is 130 Å². The number of hydrogen-bond acceptors (Lipinski definition) is 5. The number of carboxylic acid groups (broad SMARTS) is 2. The van der Waals surface area contributed by atoms with Crippen molar-refractivity contribution in [3.05, 3.63) is 0 Å². The Balaban J connectivity index is 4.44. The predicted octanol–water partition coefficient (Wildman–Crippen LogP) is 0.892. The van der Waals surface area contributed by atoms with Gasteiger partial charge in [-0.05, 0) is 20.8 Å². The van der Waals surface area contributed by atoms with Crippen LogP contribution in [0, 0.1) is 11.8 Å². The molecule has 0 radical (unpaired) electrons. The third-order valence-corrected chi connectivity index (χ3v) is 2.54. The second-order valence-corrected chi connectivity index (χ2v) is 5.59. The summed E-state index contributed by atoms with van der Waals surface area (Å²) in [5.41, 5.74) is -0.685. The van der Waals surface area contributed by atoms with Crippen LogP contribution in [0.4, 0.5) is 4.79 Å². The lowest BCUT2D eigenvalue weighted by atomic mass is 9.89. The lowest BCUT2D eigenvalue weighted by Crippen LogP contribution is -2.37. The number of nitrogens with one attached hydrogen (secondary N) is 1. The van der Waals surface area contributed by atoms with Gasteiger partial charge in [-0.3, -0.25) is 14.4 Å². The molecular formula is C13H21NO7. The third kappa shape index (κ3) is 7.28. The standard InChI is InChI=1S/C13H21NO7/c1-7(10(16)17)9(11(18)19)8(15)5-6-14-12(20)21-13(2,3)4/h7,9H,5-6H2,1-4H3,(H,14,20)(H,16,17)(H,18,19). The first-order valence-electron chi connectivity index (χ1n) is 6.41. The van der Waals surface area contributed by atoms with E-state index in [1.165, 1.54) is 0 Å². The molecule has 2 unspecified atom stereocenters. The monoisotopic (exact) mass is 303 g/mol. The minimum atomic E-state index is -1.64. The molecule has 0 saturated carbocycles. The number of rotatable bonds is 7. The van der Waals surface area contributed by atoms with Gasteiger partial charge in [-0.25, -0.2) is 4.79 Å². The van der Waals surface area contributed by atoms with Gasteiger partial charge in [-0.1, -0.05) is 6.92 Å². The lowest BCUT2D eigenvalue weighted by molar-refractivity contribution is -0.156. The molecule has 3 N–H and O–H groups in total. The van der Waals surface area contributed by atoms with E-state index >= 15 is 0 Å². The molecule has 1 amide bonds. The van der Waals surface area contributed by atoms with Crippen molar-refractivity contribution in [2.24, 2.45) is 11.8 Å². The number of hydrogen-bond donors (Lipinski definition) is 3. The molecular weight excluding hydrogens is 282 g/mol. The van der Waals surface area contributed by atoms with Crippen molar-refractivity contribution in [2.75, 3.05) is 6.54 Å². The van der Waals surface area contributed by atoms with Crippen molar-refractivity contribution in [1.82, 2.24) is 5.32 Å². The fourth-order valence-corrected chi connectivity index (χ4v) is 1.53. The maximum absolute atomic E-state index is 11.8. The number of ketones is 1. The largest absolute Gasteiger partial charge is 0.481 e. The number of carbonyl (C=O) groups excluding carboxylic acids is 2. The van der Waals surface area contributed by atoms with Crippen LogP contribution in [-0.2, 0) is 19.1 Å². The fraction of sp³-hybridized carbons (Fsp3) is 0.692.